The second kappa shape index (κ2) is 7.94. The third kappa shape index (κ3) is 4.96. The number of carbonyl (C=O) groups is 1. The highest BCUT2D eigenvalue weighted by Crippen LogP contribution is 2.32. The quantitative estimate of drug-likeness (QED) is 0.368. The van der Waals surface area contributed by atoms with Crippen LogP contribution in [-0.4, -0.2) is 18.7 Å². The molecule has 0 spiro atoms. The first-order valence-corrected chi connectivity index (χ1v) is 8.60. The number of benzene rings is 1. The summed E-state index contributed by atoms with van der Waals surface area (Å²) in [6.45, 7) is 1.94. The summed E-state index contributed by atoms with van der Waals surface area (Å²) in [4.78, 5) is 11.7. The normalized spacial score (nSPS) is 10.9. The number of nitrogens with zero attached hydrogens (tertiary/aromatic N) is 1. The number of anilines is 1. The third-order valence-corrected chi connectivity index (χ3v) is 5.09. The minimum atomic E-state index is -0.259. The summed E-state index contributed by atoms with van der Waals surface area (Å²) in [7, 11) is 0. The summed E-state index contributed by atoms with van der Waals surface area (Å²) in [6, 6.07) is 7.37. The van der Waals surface area contributed by atoms with Crippen LogP contribution in [0.5, 0.6) is 0 Å². The Kier molecular flexibility index (Phi) is 6.22. The van der Waals surface area contributed by atoms with E-state index < -0.39 is 0 Å². The molecule has 1 aromatic heterocycles. The van der Waals surface area contributed by atoms with Crippen molar-refractivity contribution in [2.45, 2.75) is 6.92 Å². The molecule has 0 aliphatic heterocycles. The Labute approximate surface area is 152 Å². The van der Waals surface area contributed by atoms with Gasteiger partial charge in [-0.15, -0.1) is 0 Å². The summed E-state index contributed by atoms with van der Waals surface area (Å²) in [5.74, 6) is 1.12. The number of hydrogen-bond acceptors (Lipinski definition) is 4. The van der Waals surface area contributed by atoms with Crippen molar-refractivity contribution in [3.63, 3.8) is 0 Å². The number of rotatable bonds is 5. The number of furan rings is 1. The van der Waals surface area contributed by atoms with Crippen molar-refractivity contribution in [3.8, 4) is 0 Å². The summed E-state index contributed by atoms with van der Waals surface area (Å²) in [6.07, 6.45) is 1.46. The van der Waals surface area contributed by atoms with Gasteiger partial charge in [0.15, 0.2) is 0 Å². The van der Waals surface area contributed by atoms with E-state index in [1.165, 1.54) is 6.21 Å². The van der Waals surface area contributed by atoms with E-state index in [-0.39, 0.29) is 12.5 Å². The van der Waals surface area contributed by atoms with Crippen molar-refractivity contribution in [2.24, 2.45) is 5.10 Å². The lowest BCUT2D eigenvalue weighted by atomic mass is 10.3. The molecule has 2 rings (SSSR count). The molecule has 8 heteroatoms. The Bertz CT molecular complexity index is 713. The molecule has 0 saturated heterocycles. The smallest absolute Gasteiger partial charge is 0.259 e. The largest absolute Gasteiger partial charge is 0.460 e. The Morgan fingerprint density at radius 3 is 2.64 bits per heavy atom. The Morgan fingerprint density at radius 2 is 1.95 bits per heavy atom. The van der Waals surface area contributed by atoms with E-state index in [2.05, 4.69) is 63.6 Å². The van der Waals surface area contributed by atoms with Gasteiger partial charge < -0.3 is 9.73 Å². The zero-order valence-corrected chi connectivity index (χ0v) is 16.2. The molecular formula is C14H12Br3N3O2. The van der Waals surface area contributed by atoms with E-state index in [4.69, 9.17) is 4.42 Å². The predicted octanol–water partition coefficient (Wildman–Crippen LogP) is 4.44. The van der Waals surface area contributed by atoms with E-state index in [9.17, 15) is 4.79 Å². The van der Waals surface area contributed by atoms with Crippen LogP contribution in [0, 0.1) is 6.92 Å². The molecular weight excluding hydrogens is 482 g/mol. The summed E-state index contributed by atoms with van der Waals surface area (Å²) in [5.41, 5.74) is 3.23. The highest BCUT2D eigenvalue weighted by atomic mass is 79.9. The lowest BCUT2D eigenvalue weighted by Gasteiger charge is -2.09. The molecule has 0 atom stereocenters. The van der Waals surface area contributed by atoms with Crippen molar-refractivity contribution < 1.29 is 9.21 Å². The molecule has 1 heterocycles. The minimum absolute atomic E-state index is 0.0984. The molecule has 1 aromatic carbocycles. The zero-order valence-electron chi connectivity index (χ0n) is 11.5. The fraction of sp³-hybridized carbons (Fsp3) is 0.143. The van der Waals surface area contributed by atoms with Gasteiger partial charge in [0.2, 0.25) is 0 Å². The first-order valence-electron chi connectivity index (χ1n) is 6.22. The number of carbonyl (C=O) groups excluding carboxylic acids is 1. The molecule has 0 fully saturated rings. The van der Waals surface area contributed by atoms with E-state index in [1.807, 2.05) is 25.1 Å². The first-order chi connectivity index (χ1) is 10.5. The highest BCUT2D eigenvalue weighted by Gasteiger charge is 2.06. The van der Waals surface area contributed by atoms with Gasteiger partial charge in [-0.1, -0.05) is 0 Å². The van der Waals surface area contributed by atoms with Crippen molar-refractivity contribution in [3.05, 3.63) is 49.2 Å². The van der Waals surface area contributed by atoms with E-state index in [0.29, 0.717) is 5.76 Å². The van der Waals surface area contributed by atoms with Crippen LogP contribution in [-0.2, 0) is 4.79 Å². The maximum Gasteiger partial charge on any atom is 0.259 e. The number of hydrazone groups is 1. The second-order valence-corrected chi connectivity index (χ2v) is 6.90. The number of nitrogens with one attached hydrogen (secondary N) is 2. The van der Waals surface area contributed by atoms with Gasteiger partial charge in [0.25, 0.3) is 5.91 Å². The molecule has 0 aliphatic rings. The van der Waals surface area contributed by atoms with Crippen LogP contribution in [0.2, 0.25) is 0 Å². The topological polar surface area (TPSA) is 66.6 Å². The highest BCUT2D eigenvalue weighted by molar-refractivity contribution is 9.13. The molecule has 0 saturated carbocycles. The summed E-state index contributed by atoms with van der Waals surface area (Å²) < 4.78 is 7.97. The van der Waals surface area contributed by atoms with Crippen LogP contribution in [0.3, 0.4) is 0 Å². The monoisotopic (exact) mass is 491 g/mol. The maximum atomic E-state index is 11.7. The third-order valence-electron chi connectivity index (χ3n) is 2.59. The second-order valence-electron chi connectivity index (χ2n) is 4.34. The fourth-order valence-electron chi connectivity index (χ4n) is 1.56. The number of amides is 1. The van der Waals surface area contributed by atoms with Crippen LogP contribution in [0.25, 0.3) is 0 Å². The van der Waals surface area contributed by atoms with Gasteiger partial charge in [-0.05, 0) is 79.0 Å². The molecule has 5 nitrogen and oxygen atoms in total. The molecule has 22 heavy (non-hydrogen) atoms. The standard InChI is InChI=1S/C14H12Br3N3O2/c1-8-2-3-9(22-8)6-19-20-14(21)7-18-13-5-11(16)10(15)4-12(13)17/h2-6,18H,7H2,1H3,(H,20,21). The fourth-order valence-corrected chi connectivity index (χ4v) is 3.04. The summed E-state index contributed by atoms with van der Waals surface area (Å²) >= 11 is 10.3. The number of halogens is 3. The van der Waals surface area contributed by atoms with Crippen LogP contribution in [0.4, 0.5) is 5.69 Å². The molecule has 0 radical (unpaired) electrons. The van der Waals surface area contributed by atoms with Gasteiger partial charge in [-0.25, -0.2) is 5.43 Å². The van der Waals surface area contributed by atoms with E-state index in [0.717, 1.165) is 24.9 Å². The van der Waals surface area contributed by atoms with Gasteiger partial charge in [-0.3, -0.25) is 4.79 Å². The lowest BCUT2D eigenvalue weighted by molar-refractivity contribution is -0.119. The first kappa shape index (κ1) is 17.2. The van der Waals surface area contributed by atoms with Crippen molar-refractivity contribution in [2.75, 3.05) is 11.9 Å². The number of aryl methyl sites for hydroxylation is 1. The van der Waals surface area contributed by atoms with Crippen molar-refractivity contribution in [1.82, 2.24) is 5.43 Å². The van der Waals surface area contributed by atoms with E-state index >= 15 is 0 Å². The van der Waals surface area contributed by atoms with Crippen LogP contribution >= 0.6 is 47.8 Å². The molecule has 0 aliphatic carbocycles. The molecule has 2 N–H and O–H groups in total. The SMILES string of the molecule is Cc1ccc(C=NNC(=O)CNc2cc(Br)c(Br)cc2Br)o1. The number of hydrogen-bond donors (Lipinski definition) is 2. The predicted molar refractivity (Wildman–Crippen MR) is 97.2 cm³/mol. The zero-order chi connectivity index (χ0) is 16.1. The maximum absolute atomic E-state index is 11.7. The Hall–Kier alpha value is -1.12. The van der Waals surface area contributed by atoms with Gasteiger partial charge in [0, 0.05) is 13.4 Å². The molecule has 116 valence electrons. The summed E-state index contributed by atoms with van der Waals surface area (Å²) in [5, 5.41) is 6.86. The van der Waals surface area contributed by atoms with Crippen molar-refractivity contribution >= 4 is 65.6 Å². The van der Waals surface area contributed by atoms with E-state index in [1.54, 1.807) is 6.07 Å². The van der Waals surface area contributed by atoms with Gasteiger partial charge in [0.05, 0.1) is 18.4 Å². The average Bonchev–Trinajstić information content (AvgIpc) is 2.87. The van der Waals surface area contributed by atoms with Gasteiger partial charge in [0.1, 0.15) is 11.5 Å². The average molecular weight is 494 g/mol. The van der Waals surface area contributed by atoms with Gasteiger partial charge in [-0.2, -0.15) is 5.10 Å². The van der Waals surface area contributed by atoms with Crippen LogP contribution in [0.15, 0.2) is 47.2 Å². The lowest BCUT2D eigenvalue weighted by Crippen LogP contribution is -2.26. The molecule has 0 bridgehead atoms. The Morgan fingerprint density at radius 1 is 1.23 bits per heavy atom. The van der Waals surface area contributed by atoms with Crippen LogP contribution in [0.1, 0.15) is 11.5 Å². The Balaban J connectivity index is 1.85. The minimum Gasteiger partial charge on any atom is -0.460 e. The molecule has 0 unspecified atom stereocenters. The van der Waals surface area contributed by atoms with Crippen molar-refractivity contribution in [1.29, 1.82) is 0 Å². The van der Waals surface area contributed by atoms with Gasteiger partial charge >= 0.3 is 0 Å². The molecule has 1 amide bonds. The molecule has 2 aromatic rings. The van der Waals surface area contributed by atoms with Crippen LogP contribution < -0.4 is 10.7 Å².